The van der Waals surface area contributed by atoms with Gasteiger partial charge in [-0.2, -0.15) is 10.4 Å². The first kappa shape index (κ1) is 13.5. The third-order valence-corrected chi connectivity index (χ3v) is 2.80. The number of aromatic nitrogens is 2. The Labute approximate surface area is 115 Å². The minimum Gasteiger partial charge on any atom is -0.431 e. The van der Waals surface area contributed by atoms with E-state index in [0.29, 0.717) is 5.69 Å². The third-order valence-electron chi connectivity index (χ3n) is 2.80. The fraction of sp³-hybridized carbons (Fsp3) is 0.231. The zero-order valence-electron chi connectivity index (χ0n) is 11.2. The summed E-state index contributed by atoms with van der Waals surface area (Å²) in [4.78, 5) is 10.5. The molecule has 0 bridgehead atoms. The van der Waals surface area contributed by atoms with Gasteiger partial charge in [0.15, 0.2) is 0 Å². The average Bonchev–Trinajstić information content (AvgIpc) is 2.63. The van der Waals surface area contributed by atoms with Crippen molar-refractivity contribution in [2.45, 2.75) is 13.8 Å². The number of nitriles is 1. The molecule has 0 aliphatic heterocycles. The number of benzene rings is 1. The fourth-order valence-corrected chi connectivity index (χ4v) is 1.84. The van der Waals surface area contributed by atoms with E-state index in [4.69, 9.17) is 10.00 Å². The van der Waals surface area contributed by atoms with Gasteiger partial charge in [-0.15, -0.1) is 0 Å². The predicted octanol–water partition coefficient (Wildman–Crippen LogP) is 2.61. The van der Waals surface area contributed by atoms with Crippen molar-refractivity contribution >= 4 is 5.69 Å². The van der Waals surface area contributed by atoms with E-state index >= 15 is 0 Å². The molecule has 1 heterocycles. The monoisotopic (exact) mass is 272 g/mol. The lowest BCUT2D eigenvalue weighted by Gasteiger charge is -2.07. The number of rotatable bonds is 3. The molecule has 0 amide bonds. The second-order valence-corrected chi connectivity index (χ2v) is 4.33. The van der Waals surface area contributed by atoms with Crippen molar-refractivity contribution in [1.82, 2.24) is 9.78 Å². The largest absolute Gasteiger partial charge is 0.431 e. The van der Waals surface area contributed by atoms with E-state index in [1.54, 1.807) is 33.0 Å². The van der Waals surface area contributed by atoms with Crippen LogP contribution in [0.5, 0.6) is 11.6 Å². The minimum absolute atomic E-state index is 0.0921. The molecule has 2 rings (SSSR count). The Balaban J connectivity index is 2.53. The first-order chi connectivity index (χ1) is 9.43. The molecule has 0 saturated heterocycles. The van der Waals surface area contributed by atoms with E-state index in [9.17, 15) is 10.1 Å². The summed E-state index contributed by atoms with van der Waals surface area (Å²) in [5.74, 6) is 0.285. The lowest BCUT2D eigenvalue weighted by molar-refractivity contribution is -0.385. The van der Waals surface area contributed by atoms with E-state index in [1.807, 2.05) is 6.07 Å². The molecule has 1 aromatic heterocycles. The maximum absolute atomic E-state index is 11.0. The fourth-order valence-electron chi connectivity index (χ4n) is 1.84. The molecule has 0 atom stereocenters. The Bertz CT molecular complexity index is 728. The lowest BCUT2D eigenvalue weighted by atomic mass is 10.2. The number of hydrogen-bond donors (Lipinski definition) is 0. The Morgan fingerprint density at radius 2 is 2.15 bits per heavy atom. The van der Waals surface area contributed by atoms with Crippen LogP contribution in [-0.2, 0) is 7.05 Å². The molecule has 0 saturated carbocycles. The molecule has 0 N–H and O–H groups in total. The number of nitro benzene ring substituents is 1. The van der Waals surface area contributed by atoms with Crippen LogP contribution in [0.25, 0.3) is 0 Å². The van der Waals surface area contributed by atoms with Crippen molar-refractivity contribution in [2.75, 3.05) is 0 Å². The molecule has 7 nitrogen and oxygen atoms in total. The maximum atomic E-state index is 11.0. The first-order valence-corrected chi connectivity index (χ1v) is 5.80. The van der Waals surface area contributed by atoms with Gasteiger partial charge in [0.1, 0.15) is 11.6 Å². The van der Waals surface area contributed by atoms with Crippen LogP contribution < -0.4 is 4.74 Å². The Morgan fingerprint density at radius 1 is 1.45 bits per heavy atom. The van der Waals surface area contributed by atoms with Gasteiger partial charge in [0.2, 0.25) is 11.6 Å². The smallest absolute Gasteiger partial charge is 0.311 e. The number of nitro groups is 1. The second-order valence-electron chi connectivity index (χ2n) is 4.33. The molecule has 0 radical (unpaired) electrons. The van der Waals surface area contributed by atoms with Crippen molar-refractivity contribution in [3.8, 4) is 17.7 Å². The van der Waals surface area contributed by atoms with E-state index in [2.05, 4.69) is 5.10 Å². The van der Waals surface area contributed by atoms with Crippen molar-refractivity contribution in [1.29, 1.82) is 5.26 Å². The van der Waals surface area contributed by atoms with E-state index < -0.39 is 4.92 Å². The van der Waals surface area contributed by atoms with Crippen LogP contribution in [0.2, 0.25) is 0 Å². The van der Waals surface area contributed by atoms with E-state index in [0.717, 1.165) is 5.56 Å². The molecule has 0 aliphatic carbocycles. The van der Waals surface area contributed by atoms with Crippen LogP contribution in [0.4, 0.5) is 5.69 Å². The third kappa shape index (κ3) is 2.31. The van der Waals surface area contributed by atoms with Gasteiger partial charge in [0, 0.05) is 13.1 Å². The molecular formula is C13H12N4O3. The van der Waals surface area contributed by atoms with Crippen molar-refractivity contribution in [2.24, 2.45) is 7.05 Å². The van der Waals surface area contributed by atoms with Crippen molar-refractivity contribution < 1.29 is 9.66 Å². The maximum Gasteiger partial charge on any atom is 0.311 e. The highest BCUT2D eigenvalue weighted by molar-refractivity contribution is 5.52. The second kappa shape index (κ2) is 5.01. The van der Waals surface area contributed by atoms with Crippen LogP contribution >= 0.6 is 0 Å². The van der Waals surface area contributed by atoms with Crippen LogP contribution in [0.3, 0.4) is 0 Å². The molecule has 0 fully saturated rings. The number of aryl methyl sites for hydroxylation is 3. The summed E-state index contributed by atoms with van der Waals surface area (Å²) in [5.41, 5.74) is 1.45. The number of hydrogen-bond acceptors (Lipinski definition) is 5. The summed E-state index contributed by atoms with van der Waals surface area (Å²) in [6.07, 6.45) is 0. The van der Waals surface area contributed by atoms with Gasteiger partial charge in [-0.3, -0.25) is 10.1 Å². The Kier molecular flexibility index (Phi) is 3.39. The highest BCUT2D eigenvalue weighted by Gasteiger charge is 2.21. The highest BCUT2D eigenvalue weighted by atomic mass is 16.6. The molecular weight excluding hydrogens is 260 g/mol. The zero-order chi connectivity index (χ0) is 14.9. The summed E-state index contributed by atoms with van der Waals surface area (Å²) in [7, 11) is 1.62. The highest BCUT2D eigenvalue weighted by Crippen LogP contribution is 2.34. The van der Waals surface area contributed by atoms with Crippen LogP contribution in [0, 0.1) is 35.3 Å². The van der Waals surface area contributed by atoms with Gasteiger partial charge in [-0.05, 0) is 25.5 Å². The van der Waals surface area contributed by atoms with Gasteiger partial charge in [0.05, 0.1) is 10.6 Å². The standard InChI is InChI=1S/C13H12N4O3/c1-8-4-5-11(17(18)19)12(6-8)20-13-10(7-14)9(2)15-16(13)3/h4-6H,1-3H3. The molecule has 1 aromatic carbocycles. The summed E-state index contributed by atoms with van der Waals surface area (Å²) in [6, 6.07) is 6.55. The van der Waals surface area contributed by atoms with Gasteiger partial charge in [-0.25, -0.2) is 4.68 Å². The average molecular weight is 272 g/mol. The van der Waals surface area contributed by atoms with E-state index in [-0.39, 0.29) is 22.9 Å². The summed E-state index contributed by atoms with van der Waals surface area (Å²) in [5, 5.41) is 24.2. The van der Waals surface area contributed by atoms with Crippen LogP contribution in [0.15, 0.2) is 18.2 Å². The summed E-state index contributed by atoms with van der Waals surface area (Å²) in [6.45, 7) is 3.48. The summed E-state index contributed by atoms with van der Waals surface area (Å²) >= 11 is 0. The first-order valence-electron chi connectivity index (χ1n) is 5.80. The molecule has 20 heavy (non-hydrogen) atoms. The summed E-state index contributed by atoms with van der Waals surface area (Å²) < 4.78 is 6.95. The SMILES string of the molecule is Cc1ccc([N+](=O)[O-])c(Oc2c(C#N)c(C)nn2C)c1. The molecule has 2 aromatic rings. The minimum atomic E-state index is -0.524. The van der Waals surface area contributed by atoms with Crippen LogP contribution in [-0.4, -0.2) is 14.7 Å². The quantitative estimate of drug-likeness (QED) is 0.632. The van der Waals surface area contributed by atoms with Gasteiger partial charge < -0.3 is 4.74 Å². The molecule has 102 valence electrons. The number of ether oxygens (including phenoxy) is 1. The predicted molar refractivity (Wildman–Crippen MR) is 70.6 cm³/mol. The Hall–Kier alpha value is -2.88. The topological polar surface area (TPSA) is 94.0 Å². The normalized spacial score (nSPS) is 10.1. The molecule has 7 heteroatoms. The Morgan fingerprint density at radius 3 is 2.75 bits per heavy atom. The number of nitrogens with zero attached hydrogens (tertiary/aromatic N) is 4. The van der Waals surface area contributed by atoms with E-state index in [1.165, 1.54) is 10.7 Å². The van der Waals surface area contributed by atoms with Crippen molar-refractivity contribution in [3.05, 3.63) is 45.1 Å². The molecule has 0 unspecified atom stereocenters. The van der Waals surface area contributed by atoms with Crippen LogP contribution in [0.1, 0.15) is 16.8 Å². The van der Waals surface area contributed by atoms with Gasteiger partial charge >= 0.3 is 5.69 Å². The lowest BCUT2D eigenvalue weighted by Crippen LogP contribution is -1.99. The molecule has 0 aliphatic rings. The zero-order valence-corrected chi connectivity index (χ0v) is 11.2. The van der Waals surface area contributed by atoms with Crippen molar-refractivity contribution in [3.63, 3.8) is 0 Å². The van der Waals surface area contributed by atoms with Gasteiger partial charge in [0.25, 0.3) is 0 Å². The molecule has 0 spiro atoms. The van der Waals surface area contributed by atoms with Gasteiger partial charge in [-0.1, -0.05) is 6.07 Å².